The summed E-state index contributed by atoms with van der Waals surface area (Å²) in [5, 5.41) is 6.25. The van der Waals surface area contributed by atoms with E-state index in [2.05, 4.69) is 53.2 Å². The second-order valence-electron chi connectivity index (χ2n) is 11.2. The highest BCUT2D eigenvalue weighted by Gasteiger charge is 2.52. The second kappa shape index (κ2) is 9.98. The first-order valence-corrected chi connectivity index (χ1v) is 14.2. The van der Waals surface area contributed by atoms with Crippen LogP contribution in [-0.2, 0) is 14.0 Å². The minimum absolute atomic E-state index is 0.0124. The quantitative estimate of drug-likeness (QED) is 0.260. The van der Waals surface area contributed by atoms with Gasteiger partial charge in [-0.3, -0.25) is 0 Å². The normalized spacial score (nSPS) is 17.7. The molecule has 0 atom stereocenters. The molecule has 0 saturated carbocycles. The number of rotatable bonds is 6. The lowest BCUT2D eigenvalue weighted by atomic mass is 9.77. The molecule has 2 heterocycles. The number of thiophene rings is 1. The van der Waals surface area contributed by atoms with Crippen molar-refractivity contribution >= 4 is 40.7 Å². The lowest BCUT2D eigenvalue weighted by Gasteiger charge is -2.32. The fraction of sp³-hybridized carbons (Fsp3) is 0.281. The number of nitrogens with one attached hydrogen (secondary N) is 1. The Labute approximate surface area is 233 Å². The average molecular weight is 537 g/mol. The van der Waals surface area contributed by atoms with Crippen molar-refractivity contribution in [2.24, 2.45) is 0 Å². The molecule has 0 radical (unpaired) electrons. The van der Waals surface area contributed by atoms with Gasteiger partial charge in [-0.1, -0.05) is 72.8 Å². The topological polar surface area (TPSA) is 56.8 Å². The minimum atomic E-state index is -0.581. The second-order valence-corrected chi connectivity index (χ2v) is 12.1. The molecule has 1 aliphatic carbocycles. The van der Waals surface area contributed by atoms with E-state index in [1.54, 1.807) is 11.3 Å². The van der Waals surface area contributed by atoms with Gasteiger partial charge in [-0.05, 0) is 77.8 Å². The number of amides is 1. The summed E-state index contributed by atoms with van der Waals surface area (Å²) in [5.41, 5.74) is 5.73. The number of carbonyl (C=O) groups is 1. The predicted octanol–water partition coefficient (Wildman–Crippen LogP) is 7.45. The summed E-state index contributed by atoms with van der Waals surface area (Å²) in [6, 6.07) is 25.0. The molecule has 0 unspecified atom stereocenters. The Morgan fingerprint density at radius 3 is 2.18 bits per heavy atom. The molecule has 0 spiro atoms. The lowest BCUT2D eigenvalue weighted by molar-refractivity contribution is 0.00578. The van der Waals surface area contributed by atoms with Gasteiger partial charge in [-0.2, -0.15) is 0 Å². The van der Waals surface area contributed by atoms with Gasteiger partial charge < -0.3 is 19.4 Å². The van der Waals surface area contributed by atoms with Crippen LogP contribution in [0, 0.1) is 0 Å². The molecule has 1 N–H and O–H groups in total. The van der Waals surface area contributed by atoms with Crippen LogP contribution in [0.25, 0.3) is 27.3 Å². The van der Waals surface area contributed by atoms with Crippen LogP contribution in [0.1, 0.15) is 50.3 Å². The summed E-state index contributed by atoms with van der Waals surface area (Å²) in [4.78, 5) is 13.0. The van der Waals surface area contributed by atoms with E-state index in [-0.39, 0.29) is 19.1 Å². The number of carbonyl (C=O) groups excluding carboxylic acids is 1. The first kappa shape index (κ1) is 25.9. The Kier molecular flexibility index (Phi) is 6.62. The van der Waals surface area contributed by atoms with Crippen molar-refractivity contribution in [3.05, 3.63) is 100 Å². The van der Waals surface area contributed by atoms with Crippen LogP contribution in [0.15, 0.2) is 83.6 Å². The zero-order valence-corrected chi connectivity index (χ0v) is 23.5. The summed E-state index contributed by atoms with van der Waals surface area (Å²) in [6.45, 7) is 8.64. The number of hydrogen-bond acceptors (Lipinski definition) is 5. The van der Waals surface area contributed by atoms with Gasteiger partial charge in [0.25, 0.3) is 0 Å². The average Bonchev–Trinajstić information content (AvgIpc) is 3.54. The van der Waals surface area contributed by atoms with E-state index in [0.717, 1.165) is 16.4 Å². The molecule has 6 rings (SSSR count). The first-order valence-electron chi connectivity index (χ1n) is 13.3. The van der Waals surface area contributed by atoms with Crippen LogP contribution in [-0.4, -0.2) is 37.6 Å². The van der Waals surface area contributed by atoms with Crippen LogP contribution < -0.4 is 5.32 Å². The van der Waals surface area contributed by atoms with Gasteiger partial charge in [0.1, 0.15) is 6.61 Å². The Morgan fingerprint density at radius 1 is 0.923 bits per heavy atom. The Hall–Kier alpha value is -3.39. The Balaban J connectivity index is 1.19. The molecule has 1 fully saturated rings. The number of hydrogen-bond donors (Lipinski definition) is 1. The van der Waals surface area contributed by atoms with Crippen LogP contribution in [0.2, 0.25) is 0 Å². The standard InChI is InChI=1S/C32H32BNO4S/c1-31(2)32(3,4)38-33(37-31)22(17-21-20-39-29-16-10-9-11-23(21)29)18-34-30(35)36-19-28-26-14-7-5-12-24(26)25-13-6-8-15-27(25)28/h5-17,20,28H,18-19H2,1-4H3,(H,34,35). The molecule has 198 valence electrons. The van der Waals surface area contributed by atoms with E-state index >= 15 is 0 Å². The van der Waals surface area contributed by atoms with Crippen molar-refractivity contribution in [1.29, 1.82) is 0 Å². The maximum Gasteiger partial charge on any atom is 0.492 e. The van der Waals surface area contributed by atoms with Crippen LogP contribution in [0.3, 0.4) is 0 Å². The van der Waals surface area contributed by atoms with Gasteiger partial charge in [0.05, 0.1) is 11.2 Å². The highest BCUT2D eigenvalue weighted by atomic mass is 32.1. The van der Waals surface area contributed by atoms with Gasteiger partial charge in [0, 0.05) is 17.2 Å². The van der Waals surface area contributed by atoms with Gasteiger partial charge in [0.15, 0.2) is 0 Å². The van der Waals surface area contributed by atoms with Crippen molar-refractivity contribution in [2.75, 3.05) is 13.2 Å². The van der Waals surface area contributed by atoms with E-state index in [9.17, 15) is 4.79 Å². The maximum absolute atomic E-state index is 13.0. The van der Waals surface area contributed by atoms with E-state index in [1.165, 1.54) is 27.0 Å². The summed E-state index contributed by atoms with van der Waals surface area (Å²) in [6.07, 6.45) is 1.61. The van der Waals surface area contributed by atoms with Gasteiger partial charge in [-0.15, -0.1) is 11.3 Å². The summed E-state index contributed by atoms with van der Waals surface area (Å²) >= 11 is 1.70. The molecular weight excluding hydrogens is 505 g/mol. The minimum Gasteiger partial charge on any atom is -0.449 e. The van der Waals surface area contributed by atoms with Crippen LogP contribution in [0.5, 0.6) is 0 Å². The monoisotopic (exact) mass is 537 g/mol. The molecule has 1 saturated heterocycles. The van der Waals surface area contributed by atoms with E-state index in [4.69, 9.17) is 14.0 Å². The molecule has 0 bridgehead atoms. The van der Waals surface area contributed by atoms with E-state index in [0.29, 0.717) is 0 Å². The van der Waals surface area contributed by atoms with Crippen molar-refractivity contribution in [3.8, 4) is 11.1 Å². The zero-order valence-electron chi connectivity index (χ0n) is 22.7. The van der Waals surface area contributed by atoms with Gasteiger partial charge in [-0.25, -0.2) is 4.79 Å². The predicted molar refractivity (Wildman–Crippen MR) is 159 cm³/mol. The Morgan fingerprint density at radius 2 is 1.51 bits per heavy atom. The van der Waals surface area contributed by atoms with Gasteiger partial charge >= 0.3 is 13.2 Å². The molecule has 39 heavy (non-hydrogen) atoms. The first-order chi connectivity index (χ1) is 18.7. The SMILES string of the molecule is CC1(C)OB(C(=Cc2csc3ccccc23)CNC(=O)OCC2c3ccccc3-c3ccccc32)OC1(C)C. The van der Waals surface area contributed by atoms with Crippen molar-refractivity contribution < 1.29 is 18.8 Å². The number of alkyl carbamates (subject to hydrolysis) is 1. The fourth-order valence-electron chi connectivity index (χ4n) is 5.33. The lowest BCUT2D eigenvalue weighted by Crippen LogP contribution is -2.41. The molecular formula is C32H32BNO4S. The van der Waals surface area contributed by atoms with Crippen LogP contribution >= 0.6 is 11.3 Å². The summed E-state index contributed by atoms with van der Waals surface area (Å²) < 4.78 is 19.7. The highest BCUT2D eigenvalue weighted by Crippen LogP contribution is 2.44. The molecule has 1 amide bonds. The number of ether oxygens (including phenoxy) is 1. The summed E-state index contributed by atoms with van der Waals surface area (Å²) in [5.74, 6) is 0.0124. The third-order valence-corrected chi connectivity index (χ3v) is 9.17. The van der Waals surface area contributed by atoms with Crippen molar-refractivity contribution in [1.82, 2.24) is 5.32 Å². The third-order valence-electron chi connectivity index (χ3n) is 8.19. The molecule has 5 nitrogen and oxygen atoms in total. The number of fused-ring (bicyclic) bond motifs is 4. The zero-order chi connectivity index (χ0) is 27.2. The molecule has 4 aromatic rings. The molecule has 1 aliphatic heterocycles. The van der Waals surface area contributed by atoms with Crippen molar-refractivity contribution in [3.63, 3.8) is 0 Å². The number of benzene rings is 3. The van der Waals surface area contributed by atoms with Gasteiger partial charge in [0.2, 0.25) is 0 Å². The van der Waals surface area contributed by atoms with E-state index in [1.807, 2.05) is 64.1 Å². The Bertz CT molecular complexity index is 1510. The molecule has 2 aliphatic rings. The highest BCUT2D eigenvalue weighted by molar-refractivity contribution is 7.17. The molecule has 1 aromatic heterocycles. The third kappa shape index (κ3) is 4.80. The maximum atomic E-state index is 13.0. The fourth-order valence-corrected chi connectivity index (χ4v) is 6.25. The van der Waals surface area contributed by atoms with Crippen LogP contribution in [0.4, 0.5) is 4.79 Å². The largest absolute Gasteiger partial charge is 0.492 e. The van der Waals surface area contributed by atoms with E-state index < -0.39 is 24.4 Å². The van der Waals surface area contributed by atoms with Crippen molar-refractivity contribution in [2.45, 2.75) is 44.8 Å². The smallest absolute Gasteiger partial charge is 0.449 e. The molecule has 3 aromatic carbocycles. The summed E-state index contributed by atoms with van der Waals surface area (Å²) in [7, 11) is -0.581. The molecule has 7 heteroatoms.